The van der Waals surface area contributed by atoms with Crippen LogP contribution in [0.1, 0.15) is 46.0 Å². The number of hydrogen-bond acceptors (Lipinski definition) is 2. The van der Waals surface area contributed by atoms with E-state index in [1.165, 1.54) is 12.8 Å². The van der Waals surface area contributed by atoms with Crippen LogP contribution < -0.4 is 5.32 Å². The summed E-state index contributed by atoms with van der Waals surface area (Å²) < 4.78 is 0. The Labute approximate surface area is 98.6 Å². The first-order valence-corrected chi connectivity index (χ1v) is 6.80. The minimum atomic E-state index is 0.251. The standard InChI is InChI=1S/C13H24N2O/c1-3-10(4-2)13(16)15-11-5-6-12(15)9-14-8-7-11/h10-12,14H,3-9H2,1-2H3. The summed E-state index contributed by atoms with van der Waals surface area (Å²) in [6.07, 6.45) is 5.53. The molecule has 2 bridgehead atoms. The first-order valence-electron chi connectivity index (χ1n) is 6.80. The highest BCUT2D eigenvalue weighted by atomic mass is 16.2. The van der Waals surface area contributed by atoms with Gasteiger partial charge in [0.15, 0.2) is 0 Å². The van der Waals surface area contributed by atoms with Gasteiger partial charge in [0.25, 0.3) is 0 Å². The molecule has 16 heavy (non-hydrogen) atoms. The van der Waals surface area contributed by atoms with Gasteiger partial charge in [0.1, 0.15) is 0 Å². The lowest BCUT2D eigenvalue weighted by Crippen LogP contribution is -2.45. The van der Waals surface area contributed by atoms with Crippen molar-refractivity contribution in [2.24, 2.45) is 5.92 Å². The van der Waals surface area contributed by atoms with Gasteiger partial charge in [-0.05, 0) is 38.6 Å². The van der Waals surface area contributed by atoms with E-state index in [2.05, 4.69) is 24.1 Å². The van der Waals surface area contributed by atoms with E-state index in [0.29, 0.717) is 18.0 Å². The highest BCUT2D eigenvalue weighted by molar-refractivity contribution is 5.79. The zero-order valence-corrected chi connectivity index (χ0v) is 10.5. The molecule has 0 saturated carbocycles. The Bertz CT molecular complexity index is 236. The van der Waals surface area contributed by atoms with E-state index in [-0.39, 0.29) is 5.92 Å². The number of nitrogens with zero attached hydrogens (tertiary/aromatic N) is 1. The lowest BCUT2D eigenvalue weighted by atomic mass is 10.0. The van der Waals surface area contributed by atoms with E-state index < -0.39 is 0 Å². The van der Waals surface area contributed by atoms with Crippen molar-refractivity contribution in [2.45, 2.75) is 58.0 Å². The van der Waals surface area contributed by atoms with Crippen molar-refractivity contribution in [1.82, 2.24) is 10.2 Å². The molecule has 2 heterocycles. The number of carbonyl (C=O) groups is 1. The van der Waals surface area contributed by atoms with Crippen LogP contribution in [-0.4, -0.2) is 36.0 Å². The van der Waals surface area contributed by atoms with Gasteiger partial charge in [-0.25, -0.2) is 0 Å². The van der Waals surface area contributed by atoms with Crippen molar-refractivity contribution < 1.29 is 4.79 Å². The second-order valence-electron chi connectivity index (χ2n) is 5.14. The molecule has 2 rings (SSSR count). The van der Waals surface area contributed by atoms with Crippen LogP contribution in [-0.2, 0) is 4.79 Å². The maximum Gasteiger partial charge on any atom is 0.226 e. The second-order valence-corrected chi connectivity index (χ2v) is 5.14. The number of nitrogens with one attached hydrogen (secondary N) is 1. The van der Waals surface area contributed by atoms with Crippen LogP contribution in [0.15, 0.2) is 0 Å². The Morgan fingerprint density at radius 2 is 1.94 bits per heavy atom. The van der Waals surface area contributed by atoms with Crippen LogP contribution in [0.4, 0.5) is 0 Å². The normalized spacial score (nSPS) is 29.6. The van der Waals surface area contributed by atoms with Crippen molar-refractivity contribution in [2.75, 3.05) is 13.1 Å². The number of hydrogen-bond donors (Lipinski definition) is 1. The lowest BCUT2D eigenvalue weighted by Gasteiger charge is -2.31. The monoisotopic (exact) mass is 224 g/mol. The summed E-state index contributed by atoms with van der Waals surface area (Å²) in [6.45, 7) is 6.34. The zero-order valence-electron chi connectivity index (χ0n) is 10.5. The maximum absolute atomic E-state index is 12.5. The van der Waals surface area contributed by atoms with Crippen LogP contribution >= 0.6 is 0 Å². The molecule has 2 aliphatic rings. The molecule has 2 unspecified atom stereocenters. The topological polar surface area (TPSA) is 32.3 Å². The van der Waals surface area contributed by atoms with E-state index in [0.717, 1.165) is 32.4 Å². The first kappa shape index (κ1) is 11.9. The molecule has 3 nitrogen and oxygen atoms in total. The summed E-state index contributed by atoms with van der Waals surface area (Å²) in [5.74, 6) is 0.669. The van der Waals surface area contributed by atoms with Gasteiger partial charge in [-0.15, -0.1) is 0 Å². The summed E-state index contributed by atoms with van der Waals surface area (Å²) in [7, 11) is 0. The smallest absolute Gasteiger partial charge is 0.226 e. The third-order valence-electron chi connectivity index (χ3n) is 4.24. The molecule has 1 amide bonds. The molecule has 0 aliphatic carbocycles. The Kier molecular flexibility index (Phi) is 3.85. The van der Waals surface area contributed by atoms with Gasteiger partial charge in [0.05, 0.1) is 0 Å². The summed E-state index contributed by atoms with van der Waals surface area (Å²) in [4.78, 5) is 14.7. The quantitative estimate of drug-likeness (QED) is 0.792. The summed E-state index contributed by atoms with van der Waals surface area (Å²) >= 11 is 0. The number of amides is 1. The van der Waals surface area contributed by atoms with Gasteiger partial charge < -0.3 is 10.2 Å². The minimum absolute atomic E-state index is 0.251. The first-order chi connectivity index (χ1) is 7.77. The van der Waals surface area contributed by atoms with Crippen molar-refractivity contribution >= 4 is 5.91 Å². The lowest BCUT2D eigenvalue weighted by molar-refractivity contribution is -0.138. The van der Waals surface area contributed by atoms with Crippen LogP contribution in [0.2, 0.25) is 0 Å². The van der Waals surface area contributed by atoms with E-state index >= 15 is 0 Å². The molecular formula is C13H24N2O. The highest BCUT2D eigenvalue weighted by Crippen LogP contribution is 2.30. The zero-order chi connectivity index (χ0) is 11.5. The van der Waals surface area contributed by atoms with Crippen molar-refractivity contribution in [3.05, 3.63) is 0 Å². The molecule has 0 aromatic carbocycles. The van der Waals surface area contributed by atoms with Crippen molar-refractivity contribution in [3.63, 3.8) is 0 Å². The number of rotatable bonds is 3. The molecule has 0 spiro atoms. The Morgan fingerprint density at radius 3 is 2.62 bits per heavy atom. The summed E-state index contributed by atoms with van der Waals surface area (Å²) in [6, 6.07) is 0.994. The average Bonchev–Trinajstić information content (AvgIpc) is 2.53. The van der Waals surface area contributed by atoms with Crippen molar-refractivity contribution in [3.8, 4) is 0 Å². The van der Waals surface area contributed by atoms with E-state index in [1.807, 2.05) is 0 Å². The fraction of sp³-hybridized carbons (Fsp3) is 0.923. The molecule has 0 radical (unpaired) electrons. The average molecular weight is 224 g/mol. The Balaban J connectivity index is 2.09. The van der Waals surface area contributed by atoms with Crippen molar-refractivity contribution in [1.29, 1.82) is 0 Å². The summed E-state index contributed by atoms with van der Waals surface area (Å²) in [5.41, 5.74) is 0. The van der Waals surface area contributed by atoms with Gasteiger partial charge in [0, 0.05) is 24.5 Å². The van der Waals surface area contributed by atoms with Gasteiger partial charge >= 0.3 is 0 Å². The Hall–Kier alpha value is -0.570. The van der Waals surface area contributed by atoms with Gasteiger partial charge in [-0.1, -0.05) is 13.8 Å². The molecule has 2 atom stereocenters. The van der Waals surface area contributed by atoms with E-state index in [9.17, 15) is 4.79 Å². The van der Waals surface area contributed by atoms with Gasteiger partial charge in [0.2, 0.25) is 5.91 Å². The third kappa shape index (κ3) is 2.10. The van der Waals surface area contributed by atoms with Crippen LogP contribution in [0.5, 0.6) is 0 Å². The van der Waals surface area contributed by atoms with E-state index in [4.69, 9.17) is 0 Å². The molecule has 3 heteroatoms. The number of carbonyl (C=O) groups excluding carboxylic acids is 1. The van der Waals surface area contributed by atoms with Crippen LogP contribution in [0, 0.1) is 5.92 Å². The summed E-state index contributed by atoms with van der Waals surface area (Å²) in [5, 5.41) is 3.44. The predicted octanol–water partition coefficient (Wildman–Crippen LogP) is 1.78. The fourth-order valence-electron chi connectivity index (χ4n) is 3.19. The highest BCUT2D eigenvalue weighted by Gasteiger charge is 2.39. The molecule has 2 fully saturated rings. The molecule has 1 N–H and O–H groups in total. The molecule has 2 aliphatic heterocycles. The molecular weight excluding hydrogens is 200 g/mol. The van der Waals surface area contributed by atoms with Crippen LogP contribution in [0.3, 0.4) is 0 Å². The third-order valence-corrected chi connectivity index (χ3v) is 4.24. The Morgan fingerprint density at radius 1 is 1.25 bits per heavy atom. The second kappa shape index (κ2) is 5.17. The molecule has 0 aromatic rings. The van der Waals surface area contributed by atoms with Gasteiger partial charge in [-0.2, -0.15) is 0 Å². The SMILES string of the molecule is CCC(CC)C(=O)N1C2CCNCC1CC2. The van der Waals surface area contributed by atoms with E-state index in [1.54, 1.807) is 0 Å². The minimum Gasteiger partial charge on any atom is -0.335 e. The maximum atomic E-state index is 12.5. The fourth-order valence-corrected chi connectivity index (χ4v) is 3.19. The molecule has 92 valence electrons. The molecule has 2 saturated heterocycles. The number of fused-ring (bicyclic) bond motifs is 2. The van der Waals surface area contributed by atoms with Crippen LogP contribution in [0.25, 0.3) is 0 Å². The predicted molar refractivity (Wildman–Crippen MR) is 65.2 cm³/mol. The van der Waals surface area contributed by atoms with Gasteiger partial charge in [-0.3, -0.25) is 4.79 Å². The molecule has 0 aromatic heterocycles. The largest absolute Gasteiger partial charge is 0.335 e.